The van der Waals surface area contributed by atoms with E-state index in [4.69, 9.17) is 4.74 Å². The number of carbonyl (C=O) groups is 1. The molecule has 2 heterocycles. The Morgan fingerprint density at radius 3 is 2.88 bits per heavy atom. The lowest BCUT2D eigenvalue weighted by Crippen LogP contribution is -2.17. The fourth-order valence-corrected chi connectivity index (χ4v) is 2.68. The molecule has 1 aromatic rings. The van der Waals surface area contributed by atoms with E-state index in [0.717, 1.165) is 17.7 Å². The summed E-state index contributed by atoms with van der Waals surface area (Å²) in [7, 11) is 1.64. The zero-order valence-electron chi connectivity index (χ0n) is 14.2. The molecule has 2 N–H and O–H groups in total. The van der Waals surface area contributed by atoms with Crippen LogP contribution in [0.25, 0.3) is 11.3 Å². The third-order valence-electron chi connectivity index (χ3n) is 4.02. The lowest BCUT2D eigenvalue weighted by atomic mass is 10.1. The number of para-hydroxylation sites is 1. The maximum atomic E-state index is 12.8. The number of rotatable bonds is 6. The molecule has 0 atom stereocenters. The predicted molar refractivity (Wildman–Crippen MR) is 95.1 cm³/mol. The Balaban J connectivity index is 1.94. The van der Waals surface area contributed by atoms with Gasteiger partial charge in [-0.1, -0.05) is 18.2 Å². The van der Waals surface area contributed by atoms with Crippen LogP contribution in [0.2, 0.25) is 0 Å². The lowest BCUT2D eigenvalue weighted by molar-refractivity contribution is 0.102. The molecule has 0 spiro atoms. The molecule has 25 heavy (non-hydrogen) atoms. The number of hydrogen-bond acceptors (Lipinski definition) is 4. The number of hydrogen-bond donors (Lipinski definition) is 2. The average Bonchev–Trinajstić information content (AvgIpc) is 2.98. The minimum absolute atomic E-state index is 0.299. The number of nitrogens with one attached hydrogen (secondary N) is 2. The number of ether oxygens (including phenoxy) is 1. The van der Waals surface area contributed by atoms with Crippen LogP contribution >= 0.6 is 0 Å². The normalized spacial score (nSPS) is 11.0. The number of pyridine rings is 1. The number of amides is 1. The zero-order valence-corrected chi connectivity index (χ0v) is 14.2. The molecule has 0 aromatic heterocycles. The first-order valence-corrected chi connectivity index (χ1v) is 8.04. The third-order valence-corrected chi connectivity index (χ3v) is 4.02. The van der Waals surface area contributed by atoms with Gasteiger partial charge in [0.2, 0.25) is 0 Å². The molecule has 130 valence electrons. The molecule has 0 saturated heterocycles. The minimum Gasteiger partial charge on any atom is -0.385 e. The van der Waals surface area contributed by atoms with Gasteiger partial charge in [0, 0.05) is 38.3 Å². The van der Waals surface area contributed by atoms with Crippen LogP contribution in [-0.4, -0.2) is 34.4 Å². The SMILES string of the molecule is COCCCn1cc(C(=O)Nc2ccccc2C)c2n[nH]c(=O)c-2c1. The monoisotopic (exact) mass is 340 g/mol. The van der Waals surface area contributed by atoms with Gasteiger partial charge in [0.25, 0.3) is 11.5 Å². The summed E-state index contributed by atoms with van der Waals surface area (Å²) in [5.74, 6) is -0.299. The van der Waals surface area contributed by atoms with E-state index < -0.39 is 0 Å². The molecular formula is C18H20N4O3. The van der Waals surface area contributed by atoms with Crippen LogP contribution in [0.4, 0.5) is 5.69 Å². The van der Waals surface area contributed by atoms with Crippen molar-refractivity contribution in [2.75, 3.05) is 19.0 Å². The number of aromatic amines is 1. The second-order valence-corrected chi connectivity index (χ2v) is 5.84. The van der Waals surface area contributed by atoms with Crippen molar-refractivity contribution in [3.05, 3.63) is 58.1 Å². The summed E-state index contributed by atoms with van der Waals surface area (Å²) in [5.41, 5.74) is 2.52. The van der Waals surface area contributed by atoms with Gasteiger partial charge in [0.15, 0.2) is 0 Å². The average molecular weight is 340 g/mol. The highest BCUT2D eigenvalue weighted by molar-refractivity contribution is 6.08. The number of anilines is 1. The number of fused-ring (bicyclic) bond motifs is 1. The molecule has 0 radical (unpaired) electrons. The van der Waals surface area contributed by atoms with Crippen molar-refractivity contribution < 1.29 is 9.53 Å². The summed E-state index contributed by atoms with van der Waals surface area (Å²) >= 11 is 0. The van der Waals surface area contributed by atoms with Gasteiger partial charge < -0.3 is 14.6 Å². The van der Waals surface area contributed by atoms with Crippen molar-refractivity contribution in [1.29, 1.82) is 0 Å². The van der Waals surface area contributed by atoms with Crippen molar-refractivity contribution in [3.63, 3.8) is 0 Å². The highest BCUT2D eigenvalue weighted by Crippen LogP contribution is 2.22. The number of methoxy groups -OCH3 is 1. The molecule has 0 saturated carbocycles. The summed E-state index contributed by atoms with van der Waals surface area (Å²) < 4.78 is 6.88. The van der Waals surface area contributed by atoms with Crippen molar-refractivity contribution in [2.24, 2.45) is 0 Å². The summed E-state index contributed by atoms with van der Waals surface area (Å²) in [6.07, 6.45) is 4.20. The first-order chi connectivity index (χ1) is 12.1. The summed E-state index contributed by atoms with van der Waals surface area (Å²) in [6.45, 7) is 3.16. The quantitative estimate of drug-likeness (QED) is 0.674. The van der Waals surface area contributed by atoms with Gasteiger partial charge in [0.05, 0.1) is 11.1 Å². The molecular weight excluding hydrogens is 320 g/mol. The number of nitrogens with zero attached hydrogens (tertiary/aromatic N) is 2. The van der Waals surface area contributed by atoms with E-state index in [1.807, 2.05) is 35.8 Å². The van der Waals surface area contributed by atoms with Crippen molar-refractivity contribution in [3.8, 4) is 11.3 Å². The van der Waals surface area contributed by atoms with Gasteiger partial charge in [-0.15, -0.1) is 0 Å². The Morgan fingerprint density at radius 2 is 2.12 bits per heavy atom. The van der Waals surface area contributed by atoms with E-state index in [1.165, 1.54) is 0 Å². The van der Waals surface area contributed by atoms with Crippen LogP contribution in [-0.2, 0) is 11.3 Å². The molecule has 0 fully saturated rings. The van der Waals surface area contributed by atoms with E-state index in [0.29, 0.717) is 30.0 Å². The Morgan fingerprint density at radius 1 is 1.32 bits per heavy atom. The van der Waals surface area contributed by atoms with Gasteiger partial charge in [-0.3, -0.25) is 9.59 Å². The van der Waals surface area contributed by atoms with E-state index in [1.54, 1.807) is 19.5 Å². The number of H-pyrrole nitrogens is 1. The highest BCUT2D eigenvalue weighted by atomic mass is 16.5. The number of aryl methyl sites for hydroxylation is 2. The standard InChI is InChI=1S/C18H20N4O3/c1-12-6-3-4-7-15(12)19-17(23)13-10-22(8-5-9-25-2)11-14-16(13)20-21-18(14)24/h3-4,6-7,10-11H,5,8-9H2,1-2H3,(H,19,23)(H,21,24). The summed E-state index contributed by atoms with van der Waals surface area (Å²) in [6, 6.07) is 7.53. The van der Waals surface area contributed by atoms with Crippen LogP contribution in [0.5, 0.6) is 0 Å². The lowest BCUT2D eigenvalue weighted by Gasteiger charge is -2.13. The number of benzene rings is 1. The molecule has 2 aliphatic rings. The van der Waals surface area contributed by atoms with Gasteiger partial charge in [0.1, 0.15) is 5.69 Å². The Labute approximate surface area is 145 Å². The molecule has 1 aromatic carbocycles. The van der Waals surface area contributed by atoms with E-state index >= 15 is 0 Å². The minimum atomic E-state index is -0.305. The molecule has 3 rings (SSSR count). The van der Waals surface area contributed by atoms with Crippen LogP contribution in [0.15, 0.2) is 41.5 Å². The smallest absolute Gasteiger partial charge is 0.275 e. The molecule has 0 aliphatic carbocycles. The molecule has 0 unspecified atom stereocenters. The zero-order chi connectivity index (χ0) is 17.8. The van der Waals surface area contributed by atoms with Crippen LogP contribution in [0.3, 0.4) is 0 Å². The summed E-state index contributed by atoms with van der Waals surface area (Å²) in [4.78, 5) is 24.7. The van der Waals surface area contributed by atoms with Crippen molar-refractivity contribution in [1.82, 2.24) is 14.8 Å². The molecule has 1 amide bonds. The van der Waals surface area contributed by atoms with Crippen LogP contribution in [0.1, 0.15) is 22.3 Å². The second kappa shape index (κ2) is 7.31. The first kappa shape index (κ1) is 16.9. The van der Waals surface area contributed by atoms with E-state index in [9.17, 15) is 9.59 Å². The largest absolute Gasteiger partial charge is 0.385 e. The van der Waals surface area contributed by atoms with Crippen molar-refractivity contribution in [2.45, 2.75) is 19.9 Å². The third kappa shape index (κ3) is 3.61. The topological polar surface area (TPSA) is 89.0 Å². The van der Waals surface area contributed by atoms with Crippen molar-refractivity contribution >= 4 is 11.6 Å². The first-order valence-electron chi connectivity index (χ1n) is 8.04. The molecule has 2 aliphatic heterocycles. The molecule has 0 bridgehead atoms. The maximum absolute atomic E-state index is 12.8. The number of aromatic nitrogens is 3. The van der Waals surface area contributed by atoms with E-state index in [-0.39, 0.29) is 11.5 Å². The number of carbonyl (C=O) groups excluding carboxylic acids is 1. The molecule has 7 heteroatoms. The van der Waals surface area contributed by atoms with E-state index in [2.05, 4.69) is 15.5 Å². The fourth-order valence-electron chi connectivity index (χ4n) is 2.68. The fraction of sp³-hybridized carbons (Fsp3) is 0.278. The van der Waals surface area contributed by atoms with Crippen LogP contribution in [0, 0.1) is 6.92 Å². The van der Waals surface area contributed by atoms with Gasteiger partial charge in [-0.25, -0.2) is 5.10 Å². The highest BCUT2D eigenvalue weighted by Gasteiger charge is 2.21. The van der Waals surface area contributed by atoms with Gasteiger partial charge in [-0.2, -0.15) is 5.10 Å². The summed E-state index contributed by atoms with van der Waals surface area (Å²) in [5, 5.41) is 9.31. The van der Waals surface area contributed by atoms with Gasteiger partial charge in [-0.05, 0) is 25.0 Å². The Bertz CT molecular complexity index is 913. The Kier molecular flexibility index (Phi) is 4.95. The second-order valence-electron chi connectivity index (χ2n) is 5.84. The molecule has 7 nitrogen and oxygen atoms in total. The predicted octanol–water partition coefficient (Wildman–Crippen LogP) is 2.27. The Hall–Kier alpha value is -2.93. The maximum Gasteiger partial charge on any atom is 0.275 e. The van der Waals surface area contributed by atoms with Crippen LogP contribution < -0.4 is 10.9 Å². The van der Waals surface area contributed by atoms with Gasteiger partial charge >= 0.3 is 0 Å².